The van der Waals surface area contributed by atoms with Crippen molar-refractivity contribution in [1.29, 1.82) is 0 Å². The van der Waals surface area contributed by atoms with Crippen LogP contribution in [0, 0.1) is 0 Å². The van der Waals surface area contributed by atoms with E-state index < -0.39 is 12.6 Å². The van der Waals surface area contributed by atoms with Crippen LogP contribution in [0.3, 0.4) is 0 Å². The quantitative estimate of drug-likeness (QED) is 0.817. The van der Waals surface area contributed by atoms with Crippen LogP contribution in [0.4, 0.5) is 13.2 Å². The molecule has 2 unspecified atom stereocenters. The van der Waals surface area contributed by atoms with Crippen molar-refractivity contribution in [2.45, 2.75) is 37.6 Å². The predicted molar refractivity (Wildman–Crippen MR) is 59.8 cm³/mol. The summed E-state index contributed by atoms with van der Waals surface area (Å²) in [5.41, 5.74) is 0. The number of hydrogen-bond donors (Lipinski definition) is 1. The molecular weight excluding hydrogens is 239 g/mol. The number of thioether (sulfide) groups is 1. The lowest BCUT2D eigenvalue weighted by molar-refractivity contribution is -0.136. The molecule has 6 heteroatoms. The van der Waals surface area contributed by atoms with E-state index in [2.05, 4.69) is 5.32 Å². The highest BCUT2D eigenvalue weighted by molar-refractivity contribution is 7.99. The predicted octanol–water partition coefficient (Wildman–Crippen LogP) is 2.44. The van der Waals surface area contributed by atoms with Gasteiger partial charge in [-0.25, -0.2) is 0 Å². The minimum Gasteiger partial charge on any atom is -0.375 e. The first-order valence-corrected chi connectivity index (χ1v) is 6.62. The second-order valence-electron chi connectivity index (χ2n) is 3.89. The molecule has 2 nitrogen and oxygen atoms in total. The van der Waals surface area contributed by atoms with Gasteiger partial charge in [-0.2, -0.15) is 24.9 Å². The SMILES string of the molecule is CNC(CCCC(F)(F)F)C1CSCCO1. The summed E-state index contributed by atoms with van der Waals surface area (Å²) in [7, 11) is 1.78. The molecule has 0 radical (unpaired) electrons. The summed E-state index contributed by atoms with van der Waals surface area (Å²) < 4.78 is 41.5. The van der Waals surface area contributed by atoms with Crippen LogP contribution in [0.2, 0.25) is 0 Å². The van der Waals surface area contributed by atoms with Crippen LogP contribution in [0.5, 0.6) is 0 Å². The molecule has 1 saturated heterocycles. The van der Waals surface area contributed by atoms with Crippen LogP contribution in [-0.2, 0) is 4.74 Å². The van der Waals surface area contributed by atoms with Gasteiger partial charge in [0.1, 0.15) is 0 Å². The molecule has 16 heavy (non-hydrogen) atoms. The Hall–Kier alpha value is 0.0600. The molecule has 0 amide bonds. The van der Waals surface area contributed by atoms with Crippen molar-refractivity contribution in [2.75, 3.05) is 25.2 Å². The lowest BCUT2D eigenvalue weighted by atomic mass is 10.0. The molecule has 0 aliphatic carbocycles. The number of halogens is 3. The van der Waals surface area contributed by atoms with Gasteiger partial charge in [0.25, 0.3) is 0 Å². The van der Waals surface area contributed by atoms with Gasteiger partial charge in [-0.3, -0.25) is 0 Å². The van der Waals surface area contributed by atoms with Crippen LogP contribution in [0.25, 0.3) is 0 Å². The van der Waals surface area contributed by atoms with Crippen molar-refractivity contribution in [3.05, 3.63) is 0 Å². The summed E-state index contributed by atoms with van der Waals surface area (Å²) in [4.78, 5) is 0. The Balaban J connectivity index is 2.25. The monoisotopic (exact) mass is 257 g/mol. The molecule has 1 N–H and O–H groups in total. The zero-order valence-corrected chi connectivity index (χ0v) is 10.2. The Kier molecular flexibility index (Phi) is 5.92. The molecular formula is C10H18F3NOS. The molecule has 0 spiro atoms. The summed E-state index contributed by atoms with van der Waals surface area (Å²) in [6, 6.07) is 0.0372. The lowest BCUT2D eigenvalue weighted by Gasteiger charge is -2.30. The molecule has 1 aliphatic heterocycles. The summed E-state index contributed by atoms with van der Waals surface area (Å²) in [5, 5.41) is 3.05. The molecule has 0 saturated carbocycles. The first-order chi connectivity index (χ1) is 7.53. The highest BCUT2D eigenvalue weighted by atomic mass is 32.2. The summed E-state index contributed by atoms with van der Waals surface area (Å²) in [6.45, 7) is 0.701. The average molecular weight is 257 g/mol. The van der Waals surface area contributed by atoms with Crippen molar-refractivity contribution in [3.8, 4) is 0 Å². The summed E-state index contributed by atoms with van der Waals surface area (Å²) >= 11 is 1.80. The van der Waals surface area contributed by atoms with Crippen LogP contribution in [0.1, 0.15) is 19.3 Å². The second-order valence-corrected chi connectivity index (χ2v) is 5.04. The Morgan fingerprint density at radius 3 is 2.75 bits per heavy atom. The molecule has 1 heterocycles. The Morgan fingerprint density at radius 2 is 2.25 bits per heavy atom. The van der Waals surface area contributed by atoms with Gasteiger partial charge >= 0.3 is 6.18 Å². The van der Waals surface area contributed by atoms with E-state index in [0.29, 0.717) is 13.0 Å². The number of ether oxygens (including phenoxy) is 1. The molecule has 96 valence electrons. The third-order valence-electron chi connectivity index (χ3n) is 2.64. The highest BCUT2D eigenvalue weighted by Crippen LogP contribution is 2.24. The van der Waals surface area contributed by atoms with E-state index in [9.17, 15) is 13.2 Å². The third-order valence-corrected chi connectivity index (χ3v) is 3.66. The topological polar surface area (TPSA) is 21.3 Å². The summed E-state index contributed by atoms with van der Waals surface area (Å²) in [6.07, 6.45) is -4.01. The fourth-order valence-corrected chi connectivity index (χ4v) is 2.72. The van der Waals surface area contributed by atoms with E-state index in [1.54, 1.807) is 18.8 Å². The number of rotatable bonds is 5. The molecule has 0 aromatic heterocycles. The van der Waals surface area contributed by atoms with Crippen LogP contribution < -0.4 is 5.32 Å². The second kappa shape index (κ2) is 6.71. The van der Waals surface area contributed by atoms with Gasteiger partial charge in [-0.1, -0.05) is 0 Å². The maximum atomic E-state index is 12.0. The number of likely N-dealkylation sites (N-methyl/N-ethyl adjacent to an activating group) is 1. The smallest absolute Gasteiger partial charge is 0.375 e. The van der Waals surface area contributed by atoms with Gasteiger partial charge in [0.15, 0.2) is 0 Å². The molecule has 1 fully saturated rings. The first kappa shape index (κ1) is 14.1. The van der Waals surface area contributed by atoms with E-state index in [-0.39, 0.29) is 18.6 Å². The summed E-state index contributed by atoms with van der Waals surface area (Å²) in [5.74, 6) is 1.85. The largest absolute Gasteiger partial charge is 0.389 e. The van der Waals surface area contributed by atoms with E-state index in [1.165, 1.54) is 0 Å². The highest BCUT2D eigenvalue weighted by Gasteiger charge is 2.28. The fourth-order valence-electron chi connectivity index (χ4n) is 1.78. The van der Waals surface area contributed by atoms with Crippen LogP contribution >= 0.6 is 11.8 Å². The van der Waals surface area contributed by atoms with E-state index >= 15 is 0 Å². The van der Waals surface area contributed by atoms with Gasteiger partial charge in [-0.05, 0) is 19.9 Å². The minimum atomic E-state index is -4.04. The fraction of sp³-hybridized carbons (Fsp3) is 1.00. The molecule has 2 atom stereocenters. The third kappa shape index (κ3) is 5.41. The molecule has 0 bridgehead atoms. The number of alkyl halides is 3. The normalized spacial score (nSPS) is 24.4. The Bertz CT molecular complexity index is 195. The van der Waals surface area contributed by atoms with Crippen molar-refractivity contribution in [1.82, 2.24) is 5.32 Å². The van der Waals surface area contributed by atoms with E-state index in [4.69, 9.17) is 4.74 Å². The molecule has 0 aromatic carbocycles. The number of nitrogens with one attached hydrogen (secondary N) is 1. The van der Waals surface area contributed by atoms with Crippen LogP contribution in [-0.4, -0.2) is 43.5 Å². The minimum absolute atomic E-state index is 0.0372. The van der Waals surface area contributed by atoms with E-state index in [0.717, 1.165) is 11.5 Å². The standard InChI is InChI=1S/C10H18F3NOS/c1-14-8(3-2-4-10(11,12)13)9-7-16-6-5-15-9/h8-9,14H,2-7H2,1H3. The van der Waals surface area contributed by atoms with Gasteiger partial charge in [0.05, 0.1) is 12.7 Å². The lowest BCUT2D eigenvalue weighted by Crippen LogP contribution is -2.43. The molecule has 0 aromatic rings. The van der Waals surface area contributed by atoms with Crippen LogP contribution in [0.15, 0.2) is 0 Å². The van der Waals surface area contributed by atoms with Crippen molar-refractivity contribution >= 4 is 11.8 Å². The maximum Gasteiger partial charge on any atom is 0.389 e. The number of hydrogen-bond acceptors (Lipinski definition) is 3. The van der Waals surface area contributed by atoms with Gasteiger partial charge in [-0.15, -0.1) is 0 Å². The average Bonchev–Trinajstić information content (AvgIpc) is 2.24. The first-order valence-electron chi connectivity index (χ1n) is 5.46. The molecule has 1 rings (SSSR count). The maximum absolute atomic E-state index is 12.0. The zero-order valence-electron chi connectivity index (χ0n) is 9.35. The van der Waals surface area contributed by atoms with Crippen molar-refractivity contribution < 1.29 is 17.9 Å². The molecule has 1 aliphatic rings. The van der Waals surface area contributed by atoms with Crippen molar-refractivity contribution in [3.63, 3.8) is 0 Å². The van der Waals surface area contributed by atoms with Gasteiger partial charge in [0.2, 0.25) is 0 Å². The van der Waals surface area contributed by atoms with E-state index in [1.807, 2.05) is 0 Å². The Labute approximate surface area is 98.3 Å². The zero-order chi connectivity index (χ0) is 12.0. The van der Waals surface area contributed by atoms with Gasteiger partial charge < -0.3 is 10.1 Å². The van der Waals surface area contributed by atoms with Gasteiger partial charge in [0, 0.05) is 24.0 Å². The van der Waals surface area contributed by atoms with Crippen molar-refractivity contribution in [2.24, 2.45) is 0 Å². The Morgan fingerprint density at radius 1 is 1.50 bits per heavy atom.